The van der Waals surface area contributed by atoms with Gasteiger partial charge in [0.15, 0.2) is 0 Å². The van der Waals surface area contributed by atoms with E-state index in [2.05, 4.69) is 5.32 Å². The van der Waals surface area contributed by atoms with Gasteiger partial charge in [0, 0.05) is 13.1 Å². The van der Waals surface area contributed by atoms with Crippen LogP contribution in [0, 0.1) is 0 Å². The van der Waals surface area contributed by atoms with Gasteiger partial charge in [-0.2, -0.15) is 0 Å². The van der Waals surface area contributed by atoms with E-state index >= 15 is 0 Å². The lowest BCUT2D eigenvalue weighted by atomic mass is 9.80. The van der Waals surface area contributed by atoms with Gasteiger partial charge in [-0.3, -0.25) is 9.59 Å². The van der Waals surface area contributed by atoms with Gasteiger partial charge in [-0.1, -0.05) is 6.07 Å². The first-order valence-electron chi connectivity index (χ1n) is 7.44. The van der Waals surface area contributed by atoms with Crippen molar-refractivity contribution in [1.29, 1.82) is 0 Å². The number of rotatable bonds is 4. The molecule has 21 heavy (non-hydrogen) atoms. The molecule has 1 aliphatic heterocycles. The molecule has 2 aliphatic rings. The van der Waals surface area contributed by atoms with E-state index in [4.69, 9.17) is 0 Å². The third-order valence-corrected chi connectivity index (χ3v) is 5.28. The molecule has 0 aromatic carbocycles. The Bertz CT molecular complexity index is 525. The Morgan fingerprint density at radius 3 is 2.86 bits per heavy atom. The monoisotopic (exact) mass is 308 g/mol. The van der Waals surface area contributed by atoms with E-state index in [1.807, 2.05) is 11.4 Å². The van der Waals surface area contributed by atoms with E-state index in [0.29, 0.717) is 24.4 Å². The molecule has 1 saturated heterocycles. The van der Waals surface area contributed by atoms with E-state index in [1.165, 1.54) is 11.3 Å². The number of hydrogen-bond donors (Lipinski definition) is 2. The number of likely N-dealkylation sites (tertiary alicyclic amines) is 1. The number of hydrogen-bond acceptors (Lipinski definition) is 4. The molecule has 0 radical (unpaired) electrons. The summed E-state index contributed by atoms with van der Waals surface area (Å²) in [5, 5.41) is 14.7. The second-order valence-electron chi connectivity index (χ2n) is 5.93. The fourth-order valence-corrected chi connectivity index (χ4v) is 3.63. The number of thiophene rings is 1. The van der Waals surface area contributed by atoms with Crippen LogP contribution in [0.2, 0.25) is 0 Å². The summed E-state index contributed by atoms with van der Waals surface area (Å²) in [5.41, 5.74) is -0.725. The Labute approximate surface area is 128 Å². The van der Waals surface area contributed by atoms with E-state index in [9.17, 15) is 14.7 Å². The third kappa shape index (κ3) is 2.96. The van der Waals surface area contributed by atoms with Crippen LogP contribution in [0.1, 0.15) is 41.8 Å². The van der Waals surface area contributed by atoms with Crippen LogP contribution in [0.5, 0.6) is 0 Å². The number of carbonyl (C=O) groups excluding carboxylic acids is 2. The predicted octanol–water partition coefficient (Wildman–Crippen LogP) is 1.38. The lowest BCUT2D eigenvalue weighted by Crippen LogP contribution is -2.52. The number of nitrogens with one attached hydrogen (secondary N) is 1. The Balaban J connectivity index is 1.60. The molecular weight excluding hydrogens is 288 g/mol. The summed E-state index contributed by atoms with van der Waals surface area (Å²) in [6, 6.07) is 3.23. The van der Waals surface area contributed by atoms with Gasteiger partial charge in [-0.15, -0.1) is 11.3 Å². The minimum absolute atomic E-state index is 0.0648. The van der Waals surface area contributed by atoms with Crippen LogP contribution in [0.25, 0.3) is 0 Å². The number of aliphatic hydroxyl groups is 1. The van der Waals surface area contributed by atoms with Crippen LogP contribution in [-0.4, -0.2) is 46.6 Å². The average Bonchev–Trinajstić information content (AvgIpc) is 3.12. The van der Waals surface area contributed by atoms with Crippen LogP contribution in [0.4, 0.5) is 0 Å². The van der Waals surface area contributed by atoms with Crippen LogP contribution in [0.15, 0.2) is 17.5 Å². The van der Waals surface area contributed by atoms with Crippen molar-refractivity contribution >= 4 is 23.2 Å². The van der Waals surface area contributed by atoms with Gasteiger partial charge in [0.2, 0.25) is 5.91 Å². The summed E-state index contributed by atoms with van der Waals surface area (Å²) in [4.78, 5) is 27.0. The summed E-state index contributed by atoms with van der Waals surface area (Å²) >= 11 is 1.40. The van der Waals surface area contributed by atoms with Crippen molar-refractivity contribution in [3.8, 4) is 0 Å². The molecule has 2 N–H and O–H groups in total. The fraction of sp³-hybridized carbons (Fsp3) is 0.600. The van der Waals surface area contributed by atoms with E-state index in [1.54, 1.807) is 11.0 Å². The molecule has 6 heteroatoms. The Kier molecular flexibility index (Phi) is 3.99. The van der Waals surface area contributed by atoms with Crippen LogP contribution < -0.4 is 5.32 Å². The van der Waals surface area contributed by atoms with Crippen LogP contribution in [-0.2, 0) is 4.79 Å². The largest absolute Gasteiger partial charge is 0.388 e. The first-order valence-corrected chi connectivity index (χ1v) is 8.32. The summed E-state index contributed by atoms with van der Waals surface area (Å²) in [7, 11) is 0. The van der Waals surface area contributed by atoms with Gasteiger partial charge in [0.25, 0.3) is 5.91 Å². The van der Waals surface area contributed by atoms with Gasteiger partial charge in [-0.25, -0.2) is 0 Å². The zero-order valence-corrected chi connectivity index (χ0v) is 12.7. The fourth-order valence-electron chi connectivity index (χ4n) is 2.96. The molecule has 5 nitrogen and oxygen atoms in total. The maximum Gasteiger partial charge on any atom is 0.264 e. The molecular formula is C15H20N2O3S. The van der Waals surface area contributed by atoms with E-state index in [-0.39, 0.29) is 11.8 Å². The van der Waals surface area contributed by atoms with Crippen molar-refractivity contribution in [2.24, 2.45) is 0 Å². The molecule has 114 valence electrons. The normalized spacial score (nSPS) is 23.7. The van der Waals surface area contributed by atoms with Crippen molar-refractivity contribution < 1.29 is 14.7 Å². The van der Waals surface area contributed by atoms with Gasteiger partial charge in [0.1, 0.15) is 6.04 Å². The minimum Gasteiger partial charge on any atom is -0.388 e. The molecule has 1 atom stereocenters. The molecule has 2 amide bonds. The molecule has 1 aromatic rings. The van der Waals surface area contributed by atoms with Crippen LogP contribution in [0.3, 0.4) is 0 Å². The van der Waals surface area contributed by atoms with Crippen molar-refractivity contribution in [1.82, 2.24) is 10.2 Å². The Hall–Kier alpha value is -1.40. The lowest BCUT2D eigenvalue weighted by molar-refractivity contribution is -0.127. The van der Waals surface area contributed by atoms with E-state index in [0.717, 1.165) is 25.7 Å². The molecule has 1 saturated carbocycles. The Morgan fingerprint density at radius 1 is 1.43 bits per heavy atom. The van der Waals surface area contributed by atoms with Crippen molar-refractivity contribution in [3.63, 3.8) is 0 Å². The Morgan fingerprint density at radius 2 is 2.24 bits per heavy atom. The highest BCUT2D eigenvalue weighted by Gasteiger charge is 2.38. The zero-order valence-electron chi connectivity index (χ0n) is 11.9. The number of carbonyl (C=O) groups is 2. The minimum atomic E-state index is -0.725. The highest BCUT2D eigenvalue weighted by Crippen LogP contribution is 2.31. The smallest absolute Gasteiger partial charge is 0.264 e. The van der Waals surface area contributed by atoms with Crippen molar-refractivity contribution in [2.75, 3.05) is 13.1 Å². The summed E-state index contributed by atoms with van der Waals surface area (Å²) in [5.74, 6) is -0.206. The highest BCUT2D eigenvalue weighted by molar-refractivity contribution is 7.12. The third-order valence-electron chi connectivity index (χ3n) is 4.42. The molecule has 0 spiro atoms. The quantitative estimate of drug-likeness (QED) is 0.883. The number of nitrogens with zero attached hydrogens (tertiary/aromatic N) is 1. The van der Waals surface area contributed by atoms with E-state index < -0.39 is 11.6 Å². The van der Waals surface area contributed by atoms with Gasteiger partial charge in [-0.05, 0) is 43.6 Å². The highest BCUT2D eigenvalue weighted by atomic mass is 32.1. The van der Waals surface area contributed by atoms with Gasteiger partial charge < -0.3 is 15.3 Å². The second-order valence-corrected chi connectivity index (χ2v) is 6.88. The summed E-state index contributed by atoms with van der Waals surface area (Å²) in [6.45, 7) is 0.919. The summed E-state index contributed by atoms with van der Waals surface area (Å²) in [6.07, 6.45) is 4.05. The first kappa shape index (κ1) is 14.5. The van der Waals surface area contributed by atoms with Crippen molar-refractivity contribution in [3.05, 3.63) is 22.4 Å². The molecule has 1 aromatic heterocycles. The molecule has 2 fully saturated rings. The molecule has 0 unspecified atom stereocenters. The number of amides is 2. The van der Waals surface area contributed by atoms with Crippen LogP contribution >= 0.6 is 11.3 Å². The average molecular weight is 308 g/mol. The maximum absolute atomic E-state index is 12.4. The SMILES string of the molecule is O=C(NCC1(O)CCC1)[C@@H]1CCCN1C(=O)c1cccs1. The standard InChI is InChI=1S/C15H20N2O3S/c18-13(16-10-15(20)6-3-7-15)11-4-1-8-17(11)14(19)12-5-2-9-21-12/h2,5,9,11,20H,1,3-4,6-8,10H2,(H,16,18)/t11-/m0/s1. The van der Waals surface area contributed by atoms with Gasteiger partial charge in [0.05, 0.1) is 10.5 Å². The predicted molar refractivity (Wildman–Crippen MR) is 80.2 cm³/mol. The maximum atomic E-state index is 12.4. The first-order chi connectivity index (χ1) is 10.1. The van der Waals surface area contributed by atoms with Gasteiger partial charge >= 0.3 is 0 Å². The topological polar surface area (TPSA) is 69.6 Å². The molecule has 2 heterocycles. The second kappa shape index (κ2) is 5.77. The lowest BCUT2D eigenvalue weighted by Gasteiger charge is -2.37. The molecule has 1 aliphatic carbocycles. The van der Waals surface area contributed by atoms with Crippen molar-refractivity contribution in [2.45, 2.75) is 43.7 Å². The molecule has 0 bridgehead atoms. The zero-order chi connectivity index (χ0) is 14.9. The summed E-state index contributed by atoms with van der Waals surface area (Å²) < 4.78 is 0. The molecule has 3 rings (SSSR count).